The van der Waals surface area contributed by atoms with Crippen molar-refractivity contribution in [2.75, 3.05) is 5.32 Å². The molecule has 10 nitrogen and oxygen atoms in total. The Labute approximate surface area is 216 Å². The Hall–Kier alpha value is -5.12. The van der Waals surface area contributed by atoms with Crippen molar-refractivity contribution in [3.8, 4) is 5.69 Å². The summed E-state index contributed by atoms with van der Waals surface area (Å²) in [6.45, 7) is 2.12. The largest absolute Gasteiger partial charge is 0.481 e. The standard InChI is InChI=1S/C28H25N5O5/c1-17-4-2-3-5-22(17)31-28(38)29-15-18-10-12-32(16-18)20-8-6-19-7-9-23-25(21(19)14-20)33(13-11-24(34)35)27(37)26(36)30-23/h2-10,12,14,16H,11,13,15H2,1H3,(H,30,36)(H,34,35)(H2,29,31,38). The number of anilines is 1. The maximum absolute atomic E-state index is 12.6. The second-order valence-electron chi connectivity index (χ2n) is 8.97. The van der Waals surface area contributed by atoms with Crippen LogP contribution in [0, 0.1) is 6.92 Å². The lowest BCUT2D eigenvalue weighted by molar-refractivity contribution is -0.137. The number of rotatable bonds is 7. The predicted molar refractivity (Wildman–Crippen MR) is 145 cm³/mol. The zero-order chi connectivity index (χ0) is 26.8. The molecule has 0 atom stereocenters. The van der Waals surface area contributed by atoms with Gasteiger partial charge in [0.2, 0.25) is 0 Å². The Morgan fingerprint density at radius 1 is 1.03 bits per heavy atom. The number of nitrogens with one attached hydrogen (secondary N) is 3. The smallest absolute Gasteiger partial charge is 0.319 e. The maximum Gasteiger partial charge on any atom is 0.319 e. The molecule has 10 heteroatoms. The van der Waals surface area contributed by atoms with Crippen molar-refractivity contribution in [2.45, 2.75) is 26.4 Å². The van der Waals surface area contributed by atoms with Crippen molar-refractivity contribution in [2.24, 2.45) is 0 Å². The minimum absolute atomic E-state index is 0.123. The second-order valence-corrected chi connectivity index (χ2v) is 8.97. The minimum atomic E-state index is -1.06. The van der Waals surface area contributed by atoms with Gasteiger partial charge in [-0.05, 0) is 53.8 Å². The van der Waals surface area contributed by atoms with Crippen molar-refractivity contribution in [1.29, 1.82) is 0 Å². The summed E-state index contributed by atoms with van der Waals surface area (Å²) < 4.78 is 3.12. The molecule has 0 bridgehead atoms. The van der Waals surface area contributed by atoms with Crippen molar-refractivity contribution in [3.05, 3.63) is 105 Å². The maximum atomic E-state index is 12.6. The number of hydrogen-bond acceptors (Lipinski definition) is 4. The summed E-state index contributed by atoms with van der Waals surface area (Å²) in [6, 6.07) is 18.4. The van der Waals surface area contributed by atoms with Gasteiger partial charge < -0.3 is 29.9 Å². The fourth-order valence-corrected chi connectivity index (χ4v) is 4.43. The van der Waals surface area contributed by atoms with E-state index < -0.39 is 17.1 Å². The van der Waals surface area contributed by atoms with Crippen LogP contribution in [0.15, 0.2) is 82.6 Å². The van der Waals surface area contributed by atoms with Gasteiger partial charge in [-0.25, -0.2) is 4.79 Å². The molecule has 5 rings (SSSR count). The van der Waals surface area contributed by atoms with E-state index in [0.29, 0.717) is 23.0 Å². The van der Waals surface area contributed by atoms with Crippen LogP contribution in [0.3, 0.4) is 0 Å². The molecule has 0 radical (unpaired) electrons. The van der Waals surface area contributed by atoms with Crippen LogP contribution in [0.5, 0.6) is 0 Å². The number of carbonyl (C=O) groups excluding carboxylic acids is 1. The normalized spacial score (nSPS) is 11.1. The molecule has 0 aliphatic heterocycles. The molecular formula is C28H25N5O5. The number of fused-ring (bicyclic) bond motifs is 3. The van der Waals surface area contributed by atoms with Gasteiger partial charge in [0.25, 0.3) is 0 Å². The number of carbonyl (C=O) groups is 2. The molecule has 0 spiro atoms. The van der Waals surface area contributed by atoms with Gasteiger partial charge >= 0.3 is 23.1 Å². The first-order valence-corrected chi connectivity index (χ1v) is 12.0. The van der Waals surface area contributed by atoms with E-state index in [1.807, 2.05) is 78.5 Å². The van der Waals surface area contributed by atoms with Gasteiger partial charge in [-0.15, -0.1) is 0 Å². The summed E-state index contributed by atoms with van der Waals surface area (Å²) >= 11 is 0. The molecule has 192 valence electrons. The van der Waals surface area contributed by atoms with Crippen LogP contribution in [-0.4, -0.2) is 31.2 Å². The van der Waals surface area contributed by atoms with Crippen LogP contribution in [0.25, 0.3) is 27.5 Å². The number of H-pyrrole nitrogens is 1. The van der Waals surface area contributed by atoms with Crippen molar-refractivity contribution in [3.63, 3.8) is 0 Å². The van der Waals surface area contributed by atoms with Crippen molar-refractivity contribution < 1.29 is 14.7 Å². The highest BCUT2D eigenvalue weighted by Gasteiger charge is 2.13. The van der Waals surface area contributed by atoms with E-state index in [4.69, 9.17) is 5.11 Å². The molecule has 0 aliphatic rings. The Morgan fingerprint density at radius 2 is 1.82 bits per heavy atom. The highest BCUT2D eigenvalue weighted by molar-refractivity contribution is 6.05. The lowest BCUT2D eigenvalue weighted by atomic mass is 10.1. The highest BCUT2D eigenvalue weighted by atomic mass is 16.4. The Balaban J connectivity index is 1.44. The molecular weight excluding hydrogens is 486 g/mol. The summed E-state index contributed by atoms with van der Waals surface area (Å²) in [6.07, 6.45) is 3.46. The molecule has 2 heterocycles. The van der Waals surface area contributed by atoms with Gasteiger partial charge in [0.1, 0.15) is 0 Å². The summed E-state index contributed by atoms with van der Waals surface area (Å²) in [5.41, 5.74) is 2.71. The quantitative estimate of drug-likeness (QED) is 0.195. The SMILES string of the molecule is Cc1ccccc1NC(=O)NCc1ccn(-c2ccc3ccc4[nH]c(=O)c(=O)n(CCC(=O)O)c4c3c2)c1. The number of urea groups is 1. The number of hydrogen-bond donors (Lipinski definition) is 4. The average molecular weight is 512 g/mol. The summed E-state index contributed by atoms with van der Waals surface area (Å²) in [5, 5.41) is 16.4. The molecule has 0 unspecified atom stereocenters. The minimum Gasteiger partial charge on any atom is -0.481 e. The lowest BCUT2D eigenvalue weighted by Gasteiger charge is -2.13. The van der Waals surface area contributed by atoms with E-state index in [9.17, 15) is 19.2 Å². The summed E-state index contributed by atoms with van der Waals surface area (Å²) in [7, 11) is 0. The molecule has 2 aromatic heterocycles. The monoisotopic (exact) mass is 511 g/mol. The van der Waals surface area contributed by atoms with Gasteiger partial charge in [-0.1, -0.05) is 30.3 Å². The van der Waals surface area contributed by atoms with Crippen molar-refractivity contribution >= 4 is 39.5 Å². The third-order valence-corrected chi connectivity index (χ3v) is 6.38. The number of aliphatic carboxylic acids is 1. The van der Waals surface area contributed by atoms with E-state index in [-0.39, 0.29) is 19.0 Å². The molecule has 0 fully saturated rings. The number of benzene rings is 3. The van der Waals surface area contributed by atoms with E-state index >= 15 is 0 Å². The number of nitrogens with zero attached hydrogens (tertiary/aromatic N) is 2. The molecule has 0 saturated heterocycles. The molecule has 5 aromatic rings. The van der Waals surface area contributed by atoms with Crippen LogP contribution >= 0.6 is 0 Å². The fourth-order valence-electron chi connectivity index (χ4n) is 4.43. The van der Waals surface area contributed by atoms with Crippen LogP contribution in [-0.2, 0) is 17.9 Å². The number of aromatic nitrogens is 3. The van der Waals surface area contributed by atoms with Crippen LogP contribution in [0.2, 0.25) is 0 Å². The zero-order valence-electron chi connectivity index (χ0n) is 20.5. The third-order valence-electron chi connectivity index (χ3n) is 6.38. The van der Waals surface area contributed by atoms with Crippen LogP contribution in [0.4, 0.5) is 10.5 Å². The Kier molecular flexibility index (Phi) is 6.53. The Morgan fingerprint density at radius 3 is 2.61 bits per heavy atom. The molecule has 0 aliphatic carbocycles. The molecule has 38 heavy (non-hydrogen) atoms. The number of para-hydroxylation sites is 1. The van der Waals surface area contributed by atoms with Crippen molar-refractivity contribution in [1.82, 2.24) is 19.4 Å². The number of amides is 2. The van der Waals surface area contributed by atoms with E-state index in [0.717, 1.165) is 27.9 Å². The number of carboxylic acids is 1. The van der Waals surface area contributed by atoms with Gasteiger partial charge in [0, 0.05) is 42.2 Å². The predicted octanol–water partition coefficient (Wildman–Crippen LogP) is 3.74. The number of aromatic amines is 1. The van der Waals surface area contributed by atoms with E-state index in [2.05, 4.69) is 15.6 Å². The third kappa shape index (κ3) is 4.92. The van der Waals surface area contributed by atoms with Gasteiger partial charge in [0.15, 0.2) is 0 Å². The van der Waals surface area contributed by atoms with E-state index in [1.165, 1.54) is 4.57 Å². The fraction of sp³-hybridized carbons (Fsp3) is 0.143. The van der Waals surface area contributed by atoms with E-state index in [1.54, 1.807) is 6.07 Å². The molecule has 4 N–H and O–H groups in total. The highest BCUT2D eigenvalue weighted by Crippen LogP contribution is 2.26. The molecule has 2 amide bonds. The van der Waals surface area contributed by atoms with Gasteiger partial charge in [-0.2, -0.15) is 0 Å². The summed E-state index contributed by atoms with van der Waals surface area (Å²) in [5.74, 6) is -1.06. The topological polar surface area (TPSA) is 138 Å². The number of carboxylic acid groups (broad SMARTS) is 1. The van der Waals surface area contributed by atoms with Gasteiger partial charge in [-0.3, -0.25) is 14.4 Å². The zero-order valence-corrected chi connectivity index (χ0v) is 20.5. The summed E-state index contributed by atoms with van der Waals surface area (Å²) in [4.78, 5) is 50.9. The average Bonchev–Trinajstić information content (AvgIpc) is 3.38. The lowest BCUT2D eigenvalue weighted by Crippen LogP contribution is -2.36. The Bertz CT molecular complexity index is 1810. The first-order valence-electron chi connectivity index (χ1n) is 12.0. The van der Waals surface area contributed by atoms with Crippen LogP contribution < -0.4 is 21.8 Å². The molecule has 0 saturated carbocycles. The first-order chi connectivity index (χ1) is 18.3. The second kappa shape index (κ2) is 10.1. The first kappa shape index (κ1) is 24.6. The van der Waals surface area contributed by atoms with Crippen LogP contribution in [0.1, 0.15) is 17.5 Å². The number of aryl methyl sites for hydroxylation is 2. The van der Waals surface area contributed by atoms with Gasteiger partial charge in [0.05, 0.1) is 17.5 Å². The molecule has 3 aromatic carbocycles.